The van der Waals surface area contributed by atoms with Gasteiger partial charge >= 0.3 is 11.9 Å². The highest BCUT2D eigenvalue weighted by Gasteiger charge is 2.55. The third-order valence-corrected chi connectivity index (χ3v) is 11.8. The zero-order valence-corrected chi connectivity index (χ0v) is 32.0. The molecule has 0 spiro atoms. The largest absolute Gasteiger partial charge is 0.507 e. The minimum Gasteiger partial charge on any atom is -0.507 e. The van der Waals surface area contributed by atoms with Gasteiger partial charge in [0, 0.05) is 11.8 Å². The van der Waals surface area contributed by atoms with Crippen LogP contribution in [-0.2, 0) is 35.3 Å². The molecule has 0 unspecified atom stereocenters. The maximum absolute atomic E-state index is 14.1. The van der Waals surface area contributed by atoms with Gasteiger partial charge in [0.25, 0.3) is 0 Å². The minimum atomic E-state index is -0.962. The lowest BCUT2D eigenvalue weighted by Crippen LogP contribution is -2.55. The molecule has 3 rings (SSSR count). The molecule has 50 heavy (non-hydrogen) atoms. The number of rotatable bonds is 17. The first kappa shape index (κ1) is 41.9. The van der Waals surface area contributed by atoms with E-state index in [1.165, 1.54) is 0 Å². The Morgan fingerprint density at radius 3 is 2.34 bits per heavy atom. The molecule has 284 valence electrons. The van der Waals surface area contributed by atoms with E-state index in [1.807, 2.05) is 34.6 Å². The Balaban J connectivity index is 1.66. The van der Waals surface area contributed by atoms with Crippen LogP contribution in [0.4, 0.5) is 0 Å². The van der Waals surface area contributed by atoms with Crippen LogP contribution in [0.3, 0.4) is 0 Å². The first-order valence-corrected chi connectivity index (χ1v) is 19.1. The Bertz CT molecular complexity index is 1300. The summed E-state index contributed by atoms with van der Waals surface area (Å²) < 4.78 is 13.3. The highest BCUT2D eigenvalue weighted by molar-refractivity contribution is 5.94. The van der Waals surface area contributed by atoms with E-state index < -0.39 is 41.1 Å². The number of phenolic OH excluding ortho intramolecular Hbond substituents is 1. The molecule has 10 heteroatoms. The number of hydrogen-bond donors (Lipinski definition) is 3. The van der Waals surface area contributed by atoms with Gasteiger partial charge in [0.2, 0.25) is 0 Å². The minimum absolute atomic E-state index is 0.0353. The number of aliphatic hydroxyl groups is 2. The topological polar surface area (TPSA) is 149 Å². The van der Waals surface area contributed by atoms with Crippen molar-refractivity contribution in [1.82, 2.24) is 0 Å². The summed E-state index contributed by atoms with van der Waals surface area (Å²) in [6.07, 6.45) is 5.59. The van der Waals surface area contributed by atoms with Gasteiger partial charge in [-0.05, 0) is 94.6 Å². The smallest absolute Gasteiger partial charge is 0.390 e. The lowest BCUT2D eigenvalue weighted by molar-refractivity contribution is -0.234. The van der Waals surface area contributed by atoms with E-state index in [9.17, 15) is 29.7 Å². The second-order valence-electron chi connectivity index (χ2n) is 15.2. The summed E-state index contributed by atoms with van der Waals surface area (Å²) in [5, 5.41) is 33.2. The van der Waals surface area contributed by atoms with E-state index in [0.717, 1.165) is 25.7 Å². The molecule has 2 aliphatic heterocycles. The van der Waals surface area contributed by atoms with E-state index in [2.05, 4.69) is 13.8 Å². The molecule has 0 bridgehead atoms. The Morgan fingerprint density at radius 1 is 1.04 bits per heavy atom. The summed E-state index contributed by atoms with van der Waals surface area (Å²) >= 11 is 0. The van der Waals surface area contributed by atoms with Crippen molar-refractivity contribution in [2.75, 3.05) is 0 Å². The van der Waals surface area contributed by atoms with Crippen LogP contribution < -0.4 is 0 Å². The van der Waals surface area contributed by atoms with Crippen molar-refractivity contribution in [2.24, 2.45) is 23.7 Å². The third-order valence-electron chi connectivity index (χ3n) is 11.8. The third kappa shape index (κ3) is 9.46. The predicted molar refractivity (Wildman–Crippen MR) is 190 cm³/mol. The number of Topliss-reactive ketones (excluding diaryl/α,β-unsaturated/α-hetero) is 1. The molecule has 2 aliphatic rings. The number of ketones is 1. The maximum atomic E-state index is 14.1. The zero-order valence-electron chi connectivity index (χ0n) is 32.0. The molecule has 0 radical (unpaired) electrons. The van der Waals surface area contributed by atoms with Crippen molar-refractivity contribution in [3.63, 3.8) is 0 Å². The second kappa shape index (κ2) is 18.3. The molecular formula is C40H64O10. The number of aryl methyl sites for hydroxylation is 2. The van der Waals surface area contributed by atoms with E-state index in [1.54, 1.807) is 26.0 Å². The summed E-state index contributed by atoms with van der Waals surface area (Å²) in [5.41, 5.74) is -0.500. The maximum Gasteiger partial charge on any atom is 0.390 e. The molecule has 0 amide bonds. The van der Waals surface area contributed by atoms with Crippen LogP contribution in [0.2, 0.25) is 0 Å². The quantitative estimate of drug-likeness (QED) is 0.0854. The van der Waals surface area contributed by atoms with Crippen LogP contribution in [0, 0.1) is 30.6 Å². The van der Waals surface area contributed by atoms with Crippen LogP contribution in [0.1, 0.15) is 148 Å². The summed E-state index contributed by atoms with van der Waals surface area (Å²) in [4.78, 5) is 48.6. The number of aromatic hydroxyl groups is 1. The standard InChI is InChI=1S/C40H64O10/c1-10-14-15-16-32(41)49-50-38(45)33-29(20-18-25(6)35(33)43)19-17-24(5)34(42)27(8)36(44)30(11-2)37-26(7)23-40(13-4,48-37)31-21-22-39(46,12-3)28(9)47-31/h18,20,24,26-28,30-31,34,37,42-43,46H,10-17,19,21-23H2,1-9H3/t24-,26+,27+,28+,30+,31-,34+,37+,39-,40+/m1/s1. The van der Waals surface area contributed by atoms with Crippen molar-refractivity contribution >= 4 is 17.7 Å². The summed E-state index contributed by atoms with van der Waals surface area (Å²) in [7, 11) is 0. The number of aliphatic hydroxyl groups excluding tert-OH is 1. The number of hydrogen-bond acceptors (Lipinski definition) is 10. The van der Waals surface area contributed by atoms with Gasteiger partial charge in [-0.25, -0.2) is 19.4 Å². The SMILES string of the molecule is CCCCCC(=O)OOC(=O)c1c(CC[C@@H](C)[C@H](O)[C@H](C)C(=O)[C@H](CC)[C@H]2O[C@](CC)([C@H]3CC[C@](O)(CC)[C@H](C)O3)C[C@@H]2C)ccc(C)c1O. The lowest BCUT2D eigenvalue weighted by atomic mass is 9.76. The van der Waals surface area contributed by atoms with Gasteiger partial charge in [0.05, 0.1) is 42.0 Å². The highest BCUT2D eigenvalue weighted by atomic mass is 17.2. The van der Waals surface area contributed by atoms with Gasteiger partial charge in [-0.3, -0.25) is 4.79 Å². The van der Waals surface area contributed by atoms with Gasteiger partial charge in [0.1, 0.15) is 17.1 Å². The fraction of sp³-hybridized carbons (Fsp3) is 0.775. The van der Waals surface area contributed by atoms with Crippen LogP contribution in [0.5, 0.6) is 5.75 Å². The molecule has 3 N–H and O–H groups in total. The van der Waals surface area contributed by atoms with Crippen molar-refractivity contribution in [3.05, 3.63) is 28.8 Å². The Morgan fingerprint density at radius 2 is 1.74 bits per heavy atom. The van der Waals surface area contributed by atoms with Crippen molar-refractivity contribution in [2.45, 2.75) is 175 Å². The molecule has 1 aromatic rings. The zero-order chi connectivity index (χ0) is 37.4. The fourth-order valence-corrected chi connectivity index (χ4v) is 8.12. The summed E-state index contributed by atoms with van der Waals surface area (Å²) in [6, 6.07) is 3.41. The number of unbranched alkanes of at least 4 members (excludes halogenated alkanes) is 2. The average molecular weight is 705 g/mol. The number of carbonyl (C=O) groups excluding carboxylic acids is 3. The first-order valence-electron chi connectivity index (χ1n) is 19.1. The van der Waals surface area contributed by atoms with Gasteiger partial charge in [-0.1, -0.05) is 73.4 Å². The summed E-state index contributed by atoms with van der Waals surface area (Å²) in [5.74, 6) is -3.16. The highest BCUT2D eigenvalue weighted by Crippen LogP contribution is 2.48. The average Bonchev–Trinajstić information content (AvgIpc) is 3.45. The Kier molecular flexibility index (Phi) is 15.3. The molecule has 10 nitrogen and oxygen atoms in total. The molecule has 0 aliphatic carbocycles. The molecule has 2 saturated heterocycles. The molecule has 0 aromatic heterocycles. The second-order valence-corrected chi connectivity index (χ2v) is 15.2. The van der Waals surface area contributed by atoms with Gasteiger partial charge in [0.15, 0.2) is 0 Å². The monoisotopic (exact) mass is 704 g/mol. The Hall–Kier alpha value is -2.53. The van der Waals surface area contributed by atoms with Gasteiger partial charge < -0.3 is 24.8 Å². The lowest BCUT2D eigenvalue weighted by Gasteiger charge is -2.47. The summed E-state index contributed by atoms with van der Waals surface area (Å²) in [6.45, 7) is 17.4. The van der Waals surface area contributed by atoms with Crippen LogP contribution in [0.15, 0.2) is 12.1 Å². The molecular weight excluding hydrogens is 640 g/mol. The van der Waals surface area contributed by atoms with Crippen molar-refractivity contribution in [1.29, 1.82) is 0 Å². The van der Waals surface area contributed by atoms with E-state index in [-0.39, 0.29) is 53.7 Å². The van der Waals surface area contributed by atoms with E-state index in [0.29, 0.717) is 56.1 Å². The predicted octanol–water partition coefficient (Wildman–Crippen LogP) is 7.34. The van der Waals surface area contributed by atoms with E-state index >= 15 is 0 Å². The molecule has 10 atom stereocenters. The number of benzene rings is 1. The number of ether oxygens (including phenoxy) is 2. The molecule has 2 fully saturated rings. The van der Waals surface area contributed by atoms with Crippen LogP contribution in [0.25, 0.3) is 0 Å². The molecule has 1 aromatic carbocycles. The van der Waals surface area contributed by atoms with Gasteiger partial charge in [-0.15, -0.1) is 0 Å². The Labute approximate surface area is 299 Å². The first-order chi connectivity index (χ1) is 23.6. The fourth-order valence-electron chi connectivity index (χ4n) is 8.12. The van der Waals surface area contributed by atoms with Crippen molar-refractivity contribution in [3.8, 4) is 5.75 Å². The van der Waals surface area contributed by atoms with E-state index in [4.69, 9.17) is 19.2 Å². The molecule has 0 saturated carbocycles. The number of carbonyl (C=O) groups is 3. The number of phenols is 1. The normalized spacial score (nSPS) is 29.2. The van der Waals surface area contributed by atoms with Gasteiger partial charge in [-0.2, -0.15) is 0 Å². The van der Waals surface area contributed by atoms with Crippen LogP contribution >= 0.6 is 0 Å². The van der Waals surface area contributed by atoms with Crippen LogP contribution in [-0.4, -0.2) is 68.7 Å². The van der Waals surface area contributed by atoms with Crippen molar-refractivity contribution < 1.29 is 49.0 Å². The molecule has 2 heterocycles.